The molecule has 0 heterocycles. The number of halogens is 5. The Bertz CT molecular complexity index is 100. The molecule has 2 atom stereocenters. The van der Waals surface area contributed by atoms with Crippen LogP contribution in [0.2, 0.25) is 0 Å². The summed E-state index contributed by atoms with van der Waals surface area (Å²) in [6.45, 7) is -1.71. The Morgan fingerprint density at radius 3 is 1.70 bits per heavy atom. The molecule has 0 saturated carbocycles. The number of hydrogen-bond donors (Lipinski definition) is 0. The highest BCUT2D eigenvalue weighted by Crippen LogP contribution is 2.26. The first-order valence-corrected chi connectivity index (χ1v) is 2.32. The highest BCUT2D eigenvalue weighted by molar-refractivity contribution is 4.74. The van der Waals surface area contributed by atoms with E-state index in [1.807, 2.05) is 0 Å². The lowest BCUT2D eigenvalue weighted by atomic mass is 10.2. The molecule has 0 aliphatic heterocycles. The van der Waals surface area contributed by atoms with E-state index in [1.165, 1.54) is 0 Å². The van der Waals surface area contributed by atoms with Crippen LogP contribution < -0.4 is 0 Å². The number of rotatable bonds is 2. The van der Waals surface area contributed by atoms with E-state index in [0.29, 0.717) is 0 Å². The van der Waals surface area contributed by atoms with Gasteiger partial charge in [-0.2, -0.15) is 13.2 Å². The predicted octanol–water partition coefficient (Wildman–Crippen LogP) is 1.66. The van der Waals surface area contributed by atoms with Crippen LogP contribution in [0.3, 0.4) is 0 Å². The maximum absolute atomic E-state index is 11.6. The summed E-state index contributed by atoms with van der Waals surface area (Å²) >= 11 is 0. The fraction of sp³-hybridized carbons (Fsp3) is 1.00. The highest BCUT2D eigenvalue weighted by Gasteiger charge is 2.45. The second kappa shape index (κ2) is 3.14. The summed E-state index contributed by atoms with van der Waals surface area (Å²) in [5, 5.41) is 9.40. The smallest absolute Gasteiger partial charge is 0.241 e. The summed E-state index contributed by atoms with van der Waals surface area (Å²) in [5.74, 6) is 0. The number of alkyl halides is 5. The molecule has 0 amide bonds. The minimum atomic E-state index is -5.26. The molecule has 0 aliphatic carbocycles. The molecule has 0 bridgehead atoms. The van der Waals surface area contributed by atoms with Crippen LogP contribution in [0.25, 0.3) is 0 Å². The molecule has 0 fully saturated rings. The Morgan fingerprint density at radius 2 is 1.60 bits per heavy atom. The van der Waals surface area contributed by atoms with E-state index in [1.54, 1.807) is 0 Å². The summed E-state index contributed by atoms with van der Waals surface area (Å²) in [4.78, 5) is 0. The predicted molar refractivity (Wildman–Crippen MR) is 21.4 cm³/mol. The Balaban J connectivity index is 3.94. The summed E-state index contributed by atoms with van der Waals surface area (Å²) in [6, 6.07) is 0. The summed E-state index contributed by atoms with van der Waals surface area (Å²) < 4.78 is 56.6. The zero-order chi connectivity index (χ0) is 8.36. The molecule has 2 unspecified atom stereocenters. The van der Waals surface area contributed by atoms with E-state index >= 15 is 0 Å². The molecule has 0 saturated heterocycles. The van der Waals surface area contributed by atoms with E-state index < -0.39 is 25.1 Å². The molecular weight excluding hydrogens is 159 g/mol. The standard InChI is InChI=1S/C4H4F5O/c5-2(1-10)3(6)4(7,8)9/h2-3H,1H2. The Kier molecular flexibility index (Phi) is 3.01. The van der Waals surface area contributed by atoms with E-state index in [4.69, 9.17) is 0 Å². The van der Waals surface area contributed by atoms with Gasteiger partial charge < -0.3 is 0 Å². The first-order chi connectivity index (χ1) is 4.39. The molecule has 0 aromatic heterocycles. The zero-order valence-electron chi connectivity index (χ0n) is 4.66. The molecule has 0 aromatic carbocycles. The van der Waals surface area contributed by atoms with Gasteiger partial charge in [0.05, 0.1) is 0 Å². The largest absolute Gasteiger partial charge is 0.422 e. The van der Waals surface area contributed by atoms with Crippen LogP contribution in [0, 0.1) is 0 Å². The first-order valence-electron chi connectivity index (χ1n) is 2.32. The van der Waals surface area contributed by atoms with Crippen LogP contribution in [0.5, 0.6) is 0 Å². The van der Waals surface area contributed by atoms with Gasteiger partial charge in [0.25, 0.3) is 0 Å². The summed E-state index contributed by atoms with van der Waals surface area (Å²) in [5.41, 5.74) is 0. The molecule has 1 nitrogen and oxygen atoms in total. The van der Waals surface area contributed by atoms with Gasteiger partial charge in [0.15, 0.2) is 6.17 Å². The summed E-state index contributed by atoms with van der Waals surface area (Å²) in [7, 11) is 0. The maximum atomic E-state index is 11.6. The van der Waals surface area contributed by atoms with Crippen LogP contribution in [0.4, 0.5) is 22.0 Å². The first kappa shape index (κ1) is 9.61. The third-order valence-corrected chi connectivity index (χ3v) is 0.789. The van der Waals surface area contributed by atoms with Crippen molar-refractivity contribution in [3.05, 3.63) is 0 Å². The molecule has 0 N–H and O–H groups in total. The lowest BCUT2D eigenvalue weighted by Crippen LogP contribution is -2.35. The fourth-order valence-electron chi connectivity index (χ4n) is 0.290. The fourth-order valence-corrected chi connectivity index (χ4v) is 0.290. The topological polar surface area (TPSA) is 19.9 Å². The van der Waals surface area contributed by atoms with Crippen molar-refractivity contribution in [2.75, 3.05) is 6.61 Å². The number of hydrogen-bond acceptors (Lipinski definition) is 0. The summed E-state index contributed by atoms with van der Waals surface area (Å²) in [6.07, 6.45) is -11.9. The van der Waals surface area contributed by atoms with Crippen molar-refractivity contribution in [2.45, 2.75) is 18.5 Å². The average Bonchev–Trinajstić information content (AvgIpc) is 1.83. The van der Waals surface area contributed by atoms with Gasteiger partial charge in [-0.15, -0.1) is 0 Å². The van der Waals surface area contributed by atoms with Crippen molar-refractivity contribution < 1.29 is 27.1 Å². The van der Waals surface area contributed by atoms with Crippen molar-refractivity contribution in [2.24, 2.45) is 0 Å². The van der Waals surface area contributed by atoms with Gasteiger partial charge >= 0.3 is 6.18 Å². The molecule has 0 aliphatic rings. The molecule has 6 heteroatoms. The second-order valence-corrected chi connectivity index (χ2v) is 1.63. The van der Waals surface area contributed by atoms with Crippen molar-refractivity contribution >= 4 is 0 Å². The van der Waals surface area contributed by atoms with Crippen molar-refractivity contribution in [3.63, 3.8) is 0 Å². The Labute approximate surface area is 53.5 Å². The molecule has 1 radical (unpaired) electrons. The van der Waals surface area contributed by atoms with Crippen molar-refractivity contribution in [3.8, 4) is 0 Å². The lowest BCUT2D eigenvalue weighted by molar-refractivity contribution is -0.201. The van der Waals surface area contributed by atoms with Gasteiger partial charge in [0.1, 0.15) is 6.61 Å². The van der Waals surface area contributed by atoms with Gasteiger partial charge in [0, 0.05) is 0 Å². The SMILES string of the molecule is [O]CC(F)C(F)C(F)(F)F. The minimum Gasteiger partial charge on any atom is -0.241 e. The minimum absolute atomic E-state index is 1.71. The van der Waals surface area contributed by atoms with Crippen molar-refractivity contribution in [1.82, 2.24) is 0 Å². The van der Waals surface area contributed by atoms with Gasteiger partial charge in [-0.1, -0.05) is 0 Å². The van der Waals surface area contributed by atoms with E-state index in [9.17, 15) is 27.1 Å². The van der Waals surface area contributed by atoms with Crippen molar-refractivity contribution in [1.29, 1.82) is 0 Å². The van der Waals surface area contributed by atoms with Crippen LogP contribution in [-0.2, 0) is 5.11 Å². The Morgan fingerprint density at radius 1 is 1.20 bits per heavy atom. The second-order valence-electron chi connectivity index (χ2n) is 1.63. The van der Waals surface area contributed by atoms with Crippen LogP contribution in [-0.4, -0.2) is 25.1 Å². The van der Waals surface area contributed by atoms with E-state index in [-0.39, 0.29) is 0 Å². The van der Waals surface area contributed by atoms with E-state index in [2.05, 4.69) is 0 Å². The highest BCUT2D eigenvalue weighted by atomic mass is 19.4. The maximum Gasteiger partial charge on any atom is 0.422 e. The third-order valence-electron chi connectivity index (χ3n) is 0.789. The van der Waals surface area contributed by atoms with Gasteiger partial charge in [0.2, 0.25) is 6.17 Å². The van der Waals surface area contributed by atoms with E-state index in [0.717, 1.165) is 0 Å². The Hall–Kier alpha value is -0.390. The average molecular weight is 163 g/mol. The van der Waals surface area contributed by atoms with Gasteiger partial charge in [-0.25, -0.2) is 13.9 Å². The molecule has 61 valence electrons. The third kappa shape index (κ3) is 2.47. The molecule has 0 rings (SSSR count). The lowest BCUT2D eigenvalue weighted by Gasteiger charge is -2.13. The molecule has 10 heavy (non-hydrogen) atoms. The van der Waals surface area contributed by atoms with Crippen LogP contribution >= 0.6 is 0 Å². The van der Waals surface area contributed by atoms with Crippen LogP contribution in [0.1, 0.15) is 0 Å². The zero-order valence-corrected chi connectivity index (χ0v) is 4.66. The van der Waals surface area contributed by atoms with Crippen LogP contribution in [0.15, 0.2) is 0 Å². The normalized spacial score (nSPS) is 18.6. The molecular formula is C4H4F5O. The molecule has 0 spiro atoms. The van der Waals surface area contributed by atoms with Gasteiger partial charge in [-0.3, -0.25) is 0 Å². The quantitative estimate of drug-likeness (QED) is 0.551. The molecule has 0 aromatic rings. The monoisotopic (exact) mass is 163 g/mol. The van der Waals surface area contributed by atoms with Gasteiger partial charge in [-0.05, 0) is 0 Å².